The first-order valence-corrected chi connectivity index (χ1v) is 7.34. The summed E-state index contributed by atoms with van der Waals surface area (Å²) in [6, 6.07) is 8.39. The van der Waals surface area contributed by atoms with Crippen LogP contribution in [0.25, 0.3) is 5.57 Å². The fourth-order valence-corrected chi connectivity index (χ4v) is 3.08. The van der Waals surface area contributed by atoms with Crippen molar-refractivity contribution in [3.8, 4) is 0 Å². The Morgan fingerprint density at radius 1 is 1.40 bits per heavy atom. The SMILES string of the molecule is CC(C)NC(=O)C1CNCCC2=c3ccccc3=NC21. The first kappa shape index (κ1) is 13.3. The third-order valence-corrected chi connectivity index (χ3v) is 3.97. The van der Waals surface area contributed by atoms with Crippen molar-refractivity contribution < 1.29 is 4.79 Å². The highest BCUT2D eigenvalue weighted by molar-refractivity contribution is 5.82. The van der Waals surface area contributed by atoms with Crippen molar-refractivity contribution in [2.24, 2.45) is 10.9 Å². The number of hydrogen-bond acceptors (Lipinski definition) is 3. The summed E-state index contributed by atoms with van der Waals surface area (Å²) < 4.78 is 0. The highest BCUT2D eigenvalue weighted by Gasteiger charge is 2.34. The molecule has 2 N–H and O–H groups in total. The molecule has 2 unspecified atom stereocenters. The predicted molar refractivity (Wildman–Crippen MR) is 78.7 cm³/mol. The fourth-order valence-electron chi connectivity index (χ4n) is 3.08. The highest BCUT2D eigenvalue weighted by Crippen LogP contribution is 2.23. The topological polar surface area (TPSA) is 53.5 Å². The Balaban J connectivity index is 1.99. The molecule has 1 saturated heterocycles. The van der Waals surface area contributed by atoms with E-state index in [2.05, 4.69) is 16.7 Å². The zero-order chi connectivity index (χ0) is 14.1. The van der Waals surface area contributed by atoms with Gasteiger partial charge in [-0.15, -0.1) is 0 Å². The normalized spacial score (nSPS) is 24.6. The standard InChI is InChI=1S/C16H21N3O/c1-10(2)18-16(20)13-9-17-8-7-12-11-5-3-4-6-14(11)19-15(12)13/h3-6,10,13,15,17H,7-9H2,1-2H3,(H,18,20). The van der Waals surface area contributed by atoms with Crippen molar-refractivity contribution in [2.75, 3.05) is 13.1 Å². The maximum absolute atomic E-state index is 12.4. The van der Waals surface area contributed by atoms with Crippen molar-refractivity contribution >= 4 is 11.5 Å². The zero-order valence-electron chi connectivity index (χ0n) is 12.0. The van der Waals surface area contributed by atoms with Crippen molar-refractivity contribution in [3.63, 3.8) is 0 Å². The van der Waals surface area contributed by atoms with E-state index in [9.17, 15) is 4.79 Å². The molecule has 4 nitrogen and oxygen atoms in total. The smallest absolute Gasteiger partial charge is 0.227 e. The molecule has 20 heavy (non-hydrogen) atoms. The number of rotatable bonds is 2. The van der Waals surface area contributed by atoms with Crippen molar-refractivity contribution in [2.45, 2.75) is 32.4 Å². The molecule has 3 rings (SSSR count). The van der Waals surface area contributed by atoms with E-state index in [0.29, 0.717) is 6.54 Å². The van der Waals surface area contributed by atoms with Crippen LogP contribution in [0, 0.1) is 5.92 Å². The first-order valence-electron chi connectivity index (χ1n) is 7.34. The van der Waals surface area contributed by atoms with Gasteiger partial charge >= 0.3 is 0 Å². The lowest BCUT2D eigenvalue weighted by Crippen LogP contribution is -2.43. The Bertz CT molecular complexity index is 635. The van der Waals surface area contributed by atoms with Crippen LogP contribution >= 0.6 is 0 Å². The number of fused-ring (bicyclic) bond motifs is 2. The van der Waals surface area contributed by atoms with Gasteiger partial charge in [0.05, 0.1) is 17.3 Å². The second-order valence-corrected chi connectivity index (χ2v) is 5.84. The van der Waals surface area contributed by atoms with E-state index in [1.807, 2.05) is 32.0 Å². The Kier molecular flexibility index (Phi) is 3.57. The molecule has 1 aromatic carbocycles. The van der Waals surface area contributed by atoms with Gasteiger partial charge in [0, 0.05) is 17.8 Å². The van der Waals surface area contributed by atoms with Crippen LogP contribution in [0.3, 0.4) is 0 Å². The molecule has 4 heteroatoms. The summed E-state index contributed by atoms with van der Waals surface area (Å²) in [5.74, 6) is -0.00393. The number of carbonyl (C=O) groups excluding carboxylic acids is 1. The summed E-state index contributed by atoms with van der Waals surface area (Å²) >= 11 is 0. The monoisotopic (exact) mass is 271 g/mol. The lowest BCUT2D eigenvalue weighted by Gasteiger charge is -2.22. The zero-order valence-corrected chi connectivity index (χ0v) is 12.0. The third kappa shape index (κ3) is 2.36. The molecular weight excluding hydrogens is 250 g/mol. The van der Waals surface area contributed by atoms with Crippen LogP contribution in [0.4, 0.5) is 0 Å². The summed E-state index contributed by atoms with van der Waals surface area (Å²) in [5, 5.41) is 8.66. The van der Waals surface area contributed by atoms with E-state index < -0.39 is 0 Å². The van der Waals surface area contributed by atoms with E-state index >= 15 is 0 Å². The molecule has 0 saturated carbocycles. The molecule has 0 bridgehead atoms. The van der Waals surface area contributed by atoms with Gasteiger partial charge in [0.15, 0.2) is 0 Å². The Morgan fingerprint density at radius 3 is 3.00 bits per heavy atom. The van der Waals surface area contributed by atoms with Crippen LogP contribution in [0.15, 0.2) is 29.3 Å². The lowest BCUT2D eigenvalue weighted by molar-refractivity contribution is -0.125. The Labute approximate surface area is 119 Å². The van der Waals surface area contributed by atoms with Crippen molar-refractivity contribution in [1.82, 2.24) is 10.6 Å². The molecule has 1 amide bonds. The molecule has 2 heterocycles. The molecule has 0 spiro atoms. The van der Waals surface area contributed by atoms with E-state index in [1.54, 1.807) is 0 Å². The average molecular weight is 271 g/mol. The summed E-state index contributed by atoms with van der Waals surface area (Å²) in [7, 11) is 0. The molecule has 2 atom stereocenters. The van der Waals surface area contributed by atoms with Gasteiger partial charge in [-0.2, -0.15) is 0 Å². The lowest BCUT2D eigenvalue weighted by atomic mass is 9.92. The quantitative estimate of drug-likeness (QED) is 0.794. The second-order valence-electron chi connectivity index (χ2n) is 5.84. The number of carbonyl (C=O) groups is 1. The minimum absolute atomic E-state index is 0.00106. The highest BCUT2D eigenvalue weighted by atomic mass is 16.2. The molecule has 0 radical (unpaired) electrons. The van der Waals surface area contributed by atoms with E-state index in [4.69, 9.17) is 4.99 Å². The average Bonchev–Trinajstić information content (AvgIpc) is 2.63. The maximum Gasteiger partial charge on any atom is 0.227 e. The minimum atomic E-state index is -0.109. The molecule has 1 fully saturated rings. The number of nitrogens with zero attached hydrogens (tertiary/aromatic N) is 1. The molecule has 1 aromatic rings. The number of benzene rings is 1. The minimum Gasteiger partial charge on any atom is -0.354 e. The Hall–Kier alpha value is -1.68. The van der Waals surface area contributed by atoms with Gasteiger partial charge in [-0.05, 0) is 38.5 Å². The van der Waals surface area contributed by atoms with Crippen LogP contribution in [0.1, 0.15) is 20.3 Å². The summed E-state index contributed by atoms with van der Waals surface area (Å²) in [6.07, 6.45) is 0.969. The molecule has 106 valence electrons. The second kappa shape index (κ2) is 5.37. The molecule has 0 aliphatic carbocycles. The maximum atomic E-state index is 12.4. The van der Waals surface area contributed by atoms with Gasteiger partial charge in [-0.25, -0.2) is 0 Å². The predicted octanol–water partition coefficient (Wildman–Crippen LogP) is -0.0268. The Morgan fingerprint density at radius 2 is 2.20 bits per heavy atom. The molecular formula is C16H21N3O. The van der Waals surface area contributed by atoms with Crippen LogP contribution in [0.2, 0.25) is 0 Å². The first-order chi connectivity index (χ1) is 9.66. The number of para-hydroxylation sites is 1. The molecule has 2 aliphatic heterocycles. The van der Waals surface area contributed by atoms with Crippen molar-refractivity contribution in [3.05, 3.63) is 34.8 Å². The number of nitrogens with one attached hydrogen (secondary N) is 2. The van der Waals surface area contributed by atoms with E-state index in [1.165, 1.54) is 10.8 Å². The van der Waals surface area contributed by atoms with Crippen LogP contribution < -0.4 is 21.2 Å². The van der Waals surface area contributed by atoms with Gasteiger partial charge < -0.3 is 10.6 Å². The van der Waals surface area contributed by atoms with Crippen LogP contribution in [-0.2, 0) is 4.79 Å². The van der Waals surface area contributed by atoms with Crippen molar-refractivity contribution in [1.29, 1.82) is 0 Å². The largest absolute Gasteiger partial charge is 0.354 e. The summed E-state index contributed by atoms with van der Waals surface area (Å²) in [5.41, 5.74) is 1.31. The summed E-state index contributed by atoms with van der Waals surface area (Å²) in [6.45, 7) is 5.60. The van der Waals surface area contributed by atoms with Gasteiger partial charge in [0.2, 0.25) is 5.91 Å². The number of amides is 1. The molecule has 2 aliphatic rings. The van der Waals surface area contributed by atoms with Gasteiger partial charge in [-0.1, -0.05) is 18.2 Å². The molecule has 0 aromatic heterocycles. The summed E-state index contributed by atoms with van der Waals surface area (Å²) in [4.78, 5) is 17.2. The van der Waals surface area contributed by atoms with Gasteiger partial charge in [0.1, 0.15) is 0 Å². The van der Waals surface area contributed by atoms with Crippen LogP contribution in [0.5, 0.6) is 0 Å². The van der Waals surface area contributed by atoms with Crippen LogP contribution in [-0.4, -0.2) is 31.1 Å². The van der Waals surface area contributed by atoms with E-state index in [0.717, 1.165) is 18.3 Å². The number of hydrogen-bond donors (Lipinski definition) is 2. The van der Waals surface area contributed by atoms with Gasteiger partial charge in [-0.3, -0.25) is 9.79 Å². The van der Waals surface area contributed by atoms with Gasteiger partial charge in [0.25, 0.3) is 0 Å². The third-order valence-electron chi connectivity index (χ3n) is 3.97. The van der Waals surface area contributed by atoms with E-state index in [-0.39, 0.29) is 23.9 Å². The fraction of sp³-hybridized carbons (Fsp3) is 0.500.